The van der Waals surface area contributed by atoms with Crippen molar-refractivity contribution in [3.05, 3.63) is 30.0 Å². The molecular formula is C12H11F5N2O. The van der Waals surface area contributed by atoms with Crippen molar-refractivity contribution in [3.8, 4) is 5.75 Å². The predicted octanol–water partition coefficient (Wildman–Crippen LogP) is 3.37. The second kappa shape index (κ2) is 4.62. The zero-order chi connectivity index (χ0) is 15.1. The third-order valence-electron chi connectivity index (χ3n) is 3.02. The molecule has 8 heteroatoms. The summed E-state index contributed by atoms with van der Waals surface area (Å²) in [7, 11) is 1.36. The van der Waals surface area contributed by atoms with Crippen molar-refractivity contribution in [2.24, 2.45) is 5.73 Å². The smallest absolute Gasteiger partial charge is 0.455 e. The molecule has 0 unspecified atom stereocenters. The number of benzene rings is 1. The zero-order valence-electron chi connectivity index (χ0n) is 10.3. The Balaban J connectivity index is 2.52. The molecule has 20 heavy (non-hydrogen) atoms. The van der Waals surface area contributed by atoms with E-state index >= 15 is 0 Å². The first-order valence-electron chi connectivity index (χ1n) is 5.53. The van der Waals surface area contributed by atoms with Gasteiger partial charge in [0.15, 0.2) is 0 Å². The number of alkyl halides is 5. The first-order chi connectivity index (χ1) is 9.18. The lowest BCUT2D eigenvalue weighted by atomic mass is 10.0. The van der Waals surface area contributed by atoms with Crippen molar-refractivity contribution in [2.45, 2.75) is 18.1 Å². The summed E-state index contributed by atoms with van der Waals surface area (Å²) in [5.41, 5.74) is 5.21. The monoisotopic (exact) mass is 294 g/mol. The van der Waals surface area contributed by atoms with Gasteiger partial charge in [-0.3, -0.25) is 0 Å². The van der Waals surface area contributed by atoms with Gasteiger partial charge in [0.1, 0.15) is 11.8 Å². The number of aromatic nitrogens is 1. The molecular weight excluding hydrogens is 283 g/mol. The van der Waals surface area contributed by atoms with Crippen LogP contribution in [0, 0.1) is 0 Å². The molecule has 1 heterocycles. The first kappa shape index (κ1) is 14.6. The normalized spacial score (nSPS) is 14.6. The summed E-state index contributed by atoms with van der Waals surface area (Å²) in [6, 6.07) is 1.92. The molecule has 0 aliphatic heterocycles. The number of hydrogen-bond donors (Lipinski definition) is 2. The maximum Gasteiger partial charge on any atom is 0.455 e. The zero-order valence-corrected chi connectivity index (χ0v) is 10.3. The molecule has 0 saturated heterocycles. The average Bonchev–Trinajstić information content (AvgIpc) is 2.78. The standard InChI is InChI=1S/C12H11F5N2O/c1-20-6-2-3-9-7(4-6)8(5-19-9)10(18)11(13,14)12(15,16)17/h2-5,10,19H,18H2,1H3/t10-/m0/s1. The van der Waals surface area contributed by atoms with Gasteiger partial charge < -0.3 is 15.5 Å². The fraction of sp³-hybridized carbons (Fsp3) is 0.333. The topological polar surface area (TPSA) is 51.0 Å². The molecule has 2 aromatic rings. The summed E-state index contributed by atoms with van der Waals surface area (Å²) in [5, 5.41) is 0.167. The molecule has 0 spiro atoms. The van der Waals surface area contributed by atoms with Crippen LogP contribution < -0.4 is 10.5 Å². The lowest BCUT2D eigenvalue weighted by Crippen LogP contribution is -2.45. The van der Waals surface area contributed by atoms with Gasteiger partial charge >= 0.3 is 12.1 Å². The molecule has 1 aromatic heterocycles. The van der Waals surface area contributed by atoms with E-state index in [9.17, 15) is 22.0 Å². The van der Waals surface area contributed by atoms with Gasteiger partial charge in [-0.05, 0) is 18.2 Å². The van der Waals surface area contributed by atoms with Crippen molar-refractivity contribution >= 4 is 10.9 Å². The van der Waals surface area contributed by atoms with Crippen LogP contribution in [0.1, 0.15) is 11.6 Å². The molecule has 0 amide bonds. The summed E-state index contributed by atoms with van der Waals surface area (Å²) in [6.45, 7) is 0. The van der Waals surface area contributed by atoms with E-state index in [0.717, 1.165) is 6.20 Å². The van der Waals surface area contributed by atoms with Crippen LogP contribution in [0.5, 0.6) is 5.75 Å². The van der Waals surface area contributed by atoms with Gasteiger partial charge in [-0.2, -0.15) is 22.0 Å². The first-order valence-corrected chi connectivity index (χ1v) is 5.53. The number of fused-ring (bicyclic) bond motifs is 1. The number of hydrogen-bond acceptors (Lipinski definition) is 2. The molecule has 0 bridgehead atoms. The molecule has 1 aromatic carbocycles. The number of nitrogens with one attached hydrogen (secondary N) is 1. The minimum absolute atomic E-state index is 0.167. The molecule has 0 radical (unpaired) electrons. The third kappa shape index (κ3) is 2.20. The predicted molar refractivity (Wildman–Crippen MR) is 62.8 cm³/mol. The maximum absolute atomic E-state index is 13.3. The van der Waals surface area contributed by atoms with Gasteiger partial charge in [0.25, 0.3) is 0 Å². The van der Waals surface area contributed by atoms with Crippen molar-refractivity contribution in [2.75, 3.05) is 7.11 Å². The molecule has 0 aliphatic carbocycles. The highest BCUT2D eigenvalue weighted by Gasteiger charge is 2.62. The van der Waals surface area contributed by atoms with Crippen LogP contribution >= 0.6 is 0 Å². The van der Waals surface area contributed by atoms with Gasteiger partial charge in [-0.25, -0.2) is 0 Å². The van der Waals surface area contributed by atoms with E-state index in [-0.39, 0.29) is 10.9 Å². The molecule has 3 nitrogen and oxygen atoms in total. The van der Waals surface area contributed by atoms with Crippen LogP contribution in [-0.2, 0) is 0 Å². The highest BCUT2D eigenvalue weighted by atomic mass is 19.4. The van der Waals surface area contributed by atoms with E-state index < -0.39 is 18.1 Å². The quantitative estimate of drug-likeness (QED) is 0.853. The summed E-state index contributed by atoms with van der Waals surface area (Å²) in [5.74, 6) is -4.69. The Morgan fingerprint density at radius 3 is 2.40 bits per heavy atom. The van der Waals surface area contributed by atoms with Crippen LogP contribution in [0.4, 0.5) is 22.0 Å². The Kier molecular flexibility index (Phi) is 3.37. The number of rotatable bonds is 3. The van der Waals surface area contributed by atoms with Crippen LogP contribution in [0.15, 0.2) is 24.4 Å². The van der Waals surface area contributed by atoms with E-state index in [0.29, 0.717) is 11.3 Å². The molecule has 110 valence electrons. The molecule has 0 fully saturated rings. The van der Waals surface area contributed by atoms with Crippen molar-refractivity contribution in [3.63, 3.8) is 0 Å². The summed E-state index contributed by atoms with van der Waals surface area (Å²) in [6.07, 6.45) is -4.66. The minimum atomic E-state index is -5.71. The van der Waals surface area contributed by atoms with E-state index in [4.69, 9.17) is 10.5 Å². The van der Waals surface area contributed by atoms with Gasteiger partial charge in [0.2, 0.25) is 0 Å². The second-order valence-electron chi connectivity index (χ2n) is 4.25. The van der Waals surface area contributed by atoms with E-state index in [1.807, 2.05) is 0 Å². The molecule has 1 atom stereocenters. The van der Waals surface area contributed by atoms with Crippen LogP contribution in [0.2, 0.25) is 0 Å². The molecule has 3 N–H and O–H groups in total. The van der Waals surface area contributed by atoms with E-state index in [1.165, 1.54) is 19.2 Å². The van der Waals surface area contributed by atoms with Crippen LogP contribution in [-0.4, -0.2) is 24.2 Å². The Morgan fingerprint density at radius 1 is 1.20 bits per heavy atom. The van der Waals surface area contributed by atoms with Gasteiger partial charge in [-0.15, -0.1) is 0 Å². The van der Waals surface area contributed by atoms with Crippen molar-refractivity contribution in [1.29, 1.82) is 0 Å². The van der Waals surface area contributed by atoms with E-state index in [1.54, 1.807) is 6.07 Å². The van der Waals surface area contributed by atoms with Gasteiger partial charge in [-0.1, -0.05) is 0 Å². The second-order valence-corrected chi connectivity index (χ2v) is 4.25. The number of ether oxygens (including phenoxy) is 1. The lowest BCUT2D eigenvalue weighted by molar-refractivity contribution is -0.290. The molecule has 0 saturated carbocycles. The number of methoxy groups -OCH3 is 1. The average molecular weight is 294 g/mol. The largest absolute Gasteiger partial charge is 0.497 e. The maximum atomic E-state index is 13.3. The Hall–Kier alpha value is -1.83. The van der Waals surface area contributed by atoms with Crippen LogP contribution in [0.25, 0.3) is 10.9 Å². The molecule has 0 aliphatic rings. The Morgan fingerprint density at radius 2 is 1.85 bits per heavy atom. The van der Waals surface area contributed by atoms with Crippen molar-refractivity contribution in [1.82, 2.24) is 4.98 Å². The summed E-state index contributed by atoms with van der Waals surface area (Å²) >= 11 is 0. The fourth-order valence-electron chi connectivity index (χ4n) is 1.88. The van der Waals surface area contributed by atoms with Crippen molar-refractivity contribution < 1.29 is 26.7 Å². The van der Waals surface area contributed by atoms with Gasteiger partial charge in [0.05, 0.1) is 7.11 Å². The highest BCUT2D eigenvalue weighted by Crippen LogP contribution is 2.44. The summed E-state index contributed by atoms with van der Waals surface area (Å²) < 4.78 is 68.6. The number of halogens is 5. The SMILES string of the molecule is COc1ccc2[nH]cc([C@H](N)C(F)(F)C(F)(F)F)c2c1. The van der Waals surface area contributed by atoms with Gasteiger partial charge in [0, 0.05) is 22.7 Å². The number of aromatic amines is 1. The Bertz CT molecular complexity index is 620. The Labute approximate surface area is 110 Å². The minimum Gasteiger partial charge on any atom is -0.497 e. The molecule has 2 rings (SSSR count). The lowest BCUT2D eigenvalue weighted by Gasteiger charge is -2.25. The fourth-order valence-corrected chi connectivity index (χ4v) is 1.88. The van der Waals surface area contributed by atoms with E-state index in [2.05, 4.69) is 4.98 Å². The van der Waals surface area contributed by atoms with Crippen LogP contribution in [0.3, 0.4) is 0 Å². The highest BCUT2D eigenvalue weighted by molar-refractivity contribution is 5.85. The third-order valence-corrected chi connectivity index (χ3v) is 3.02. The number of H-pyrrole nitrogens is 1. The number of nitrogens with two attached hydrogens (primary N) is 1. The summed E-state index contributed by atoms with van der Waals surface area (Å²) in [4.78, 5) is 2.61.